The van der Waals surface area contributed by atoms with E-state index in [0.717, 1.165) is 17.7 Å². The van der Waals surface area contributed by atoms with Gasteiger partial charge in [-0.1, -0.05) is 19.8 Å². The van der Waals surface area contributed by atoms with E-state index < -0.39 is 0 Å². The highest BCUT2D eigenvalue weighted by molar-refractivity contribution is 7.80. The second kappa shape index (κ2) is 4.67. The summed E-state index contributed by atoms with van der Waals surface area (Å²) in [6, 6.07) is 0.844. The van der Waals surface area contributed by atoms with Crippen LogP contribution in [0.25, 0.3) is 0 Å². The molecular formula is C13H25NS. The highest BCUT2D eigenvalue weighted by Gasteiger charge is 2.43. The Hall–Kier alpha value is 0.310. The van der Waals surface area contributed by atoms with Gasteiger partial charge in [0.1, 0.15) is 0 Å². The Morgan fingerprint density at radius 2 is 1.93 bits per heavy atom. The Balaban J connectivity index is 1.86. The molecule has 0 aromatic rings. The number of thiol groups is 1. The van der Waals surface area contributed by atoms with Gasteiger partial charge in [0.15, 0.2) is 0 Å². The maximum atomic E-state index is 4.50. The van der Waals surface area contributed by atoms with Crippen LogP contribution in [-0.2, 0) is 0 Å². The molecular weight excluding hydrogens is 202 g/mol. The Labute approximate surface area is 100 Å². The molecule has 0 bridgehead atoms. The van der Waals surface area contributed by atoms with Gasteiger partial charge in [-0.05, 0) is 49.8 Å². The molecule has 1 nitrogen and oxygen atoms in total. The van der Waals surface area contributed by atoms with Crippen molar-refractivity contribution in [2.24, 2.45) is 11.3 Å². The monoisotopic (exact) mass is 227 g/mol. The first-order valence-electron chi connectivity index (χ1n) is 6.48. The topological polar surface area (TPSA) is 3.24 Å². The zero-order valence-electron chi connectivity index (χ0n) is 10.2. The lowest BCUT2D eigenvalue weighted by molar-refractivity contribution is 0.121. The number of hydrogen-bond acceptors (Lipinski definition) is 2. The van der Waals surface area contributed by atoms with Gasteiger partial charge in [-0.3, -0.25) is 0 Å². The average molecular weight is 227 g/mol. The molecule has 2 aliphatic carbocycles. The Kier molecular flexibility index (Phi) is 3.67. The van der Waals surface area contributed by atoms with Gasteiger partial charge in [0, 0.05) is 12.6 Å². The molecule has 0 heterocycles. The van der Waals surface area contributed by atoms with Gasteiger partial charge in [0.2, 0.25) is 0 Å². The summed E-state index contributed by atoms with van der Waals surface area (Å²) in [5.74, 6) is 1.98. The summed E-state index contributed by atoms with van der Waals surface area (Å²) in [7, 11) is 2.33. The summed E-state index contributed by atoms with van der Waals surface area (Å²) in [6.07, 6.45) is 8.55. The third-order valence-corrected chi connectivity index (χ3v) is 5.18. The van der Waals surface area contributed by atoms with Crippen molar-refractivity contribution in [3.63, 3.8) is 0 Å². The van der Waals surface area contributed by atoms with Crippen LogP contribution in [-0.4, -0.2) is 30.3 Å². The van der Waals surface area contributed by atoms with E-state index in [9.17, 15) is 0 Å². The van der Waals surface area contributed by atoms with E-state index in [4.69, 9.17) is 0 Å². The van der Waals surface area contributed by atoms with Crippen LogP contribution in [0, 0.1) is 11.3 Å². The van der Waals surface area contributed by atoms with Gasteiger partial charge in [-0.25, -0.2) is 0 Å². The lowest BCUT2D eigenvalue weighted by atomic mass is 9.84. The minimum atomic E-state index is 0.592. The van der Waals surface area contributed by atoms with Gasteiger partial charge < -0.3 is 4.90 Å². The lowest BCUT2D eigenvalue weighted by Gasteiger charge is -2.38. The summed E-state index contributed by atoms with van der Waals surface area (Å²) < 4.78 is 0. The van der Waals surface area contributed by atoms with Crippen molar-refractivity contribution >= 4 is 12.6 Å². The second-order valence-electron chi connectivity index (χ2n) is 5.90. The van der Waals surface area contributed by atoms with E-state index in [0.29, 0.717) is 5.41 Å². The quantitative estimate of drug-likeness (QED) is 0.722. The zero-order chi connectivity index (χ0) is 10.9. The Bertz CT molecular complexity index is 213. The predicted octanol–water partition coefficient (Wildman–Crippen LogP) is 3.21. The fourth-order valence-electron chi connectivity index (χ4n) is 3.14. The molecule has 2 atom stereocenters. The van der Waals surface area contributed by atoms with Crippen molar-refractivity contribution in [1.29, 1.82) is 0 Å². The number of hydrogen-bond donors (Lipinski definition) is 1. The van der Waals surface area contributed by atoms with Gasteiger partial charge >= 0.3 is 0 Å². The maximum absolute atomic E-state index is 4.50. The SMILES string of the molecule is CC1CCCCC1N(C)CC1(CS)CC1. The molecule has 0 radical (unpaired) electrons. The van der Waals surface area contributed by atoms with E-state index in [1.807, 2.05) is 0 Å². The van der Waals surface area contributed by atoms with Crippen molar-refractivity contribution in [3.05, 3.63) is 0 Å². The third kappa shape index (κ3) is 2.71. The molecule has 2 fully saturated rings. The van der Waals surface area contributed by atoms with Crippen molar-refractivity contribution < 1.29 is 0 Å². The van der Waals surface area contributed by atoms with Crippen molar-refractivity contribution in [1.82, 2.24) is 4.90 Å². The van der Waals surface area contributed by atoms with E-state index in [1.54, 1.807) is 0 Å². The van der Waals surface area contributed by atoms with E-state index >= 15 is 0 Å². The molecule has 0 spiro atoms. The van der Waals surface area contributed by atoms with Crippen LogP contribution in [0.3, 0.4) is 0 Å². The molecule has 0 aromatic carbocycles. The first-order valence-corrected chi connectivity index (χ1v) is 7.11. The Morgan fingerprint density at radius 3 is 2.47 bits per heavy atom. The molecule has 15 heavy (non-hydrogen) atoms. The lowest BCUT2D eigenvalue weighted by Crippen LogP contribution is -2.42. The molecule has 2 aliphatic rings. The van der Waals surface area contributed by atoms with Gasteiger partial charge in [-0.15, -0.1) is 0 Å². The average Bonchev–Trinajstić information content (AvgIpc) is 2.99. The number of rotatable bonds is 4. The third-order valence-electron chi connectivity index (χ3n) is 4.51. The predicted molar refractivity (Wildman–Crippen MR) is 69.6 cm³/mol. The molecule has 2 saturated carbocycles. The zero-order valence-corrected chi connectivity index (χ0v) is 11.1. The minimum Gasteiger partial charge on any atom is -0.303 e. The summed E-state index contributed by atoms with van der Waals surface area (Å²) in [5, 5.41) is 0. The van der Waals surface area contributed by atoms with E-state index in [-0.39, 0.29) is 0 Å². The highest BCUT2D eigenvalue weighted by atomic mass is 32.1. The van der Waals surface area contributed by atoms with Crippen LogP contribution in [0.1, 0.15) is 45.4 Å². The molecule has 0 N–H and O–H groups in total. The van der Waals surface area contributed by atoms with Crippen LogP contribution in [0.2, 0.25) is 0 Å². The van der Waals surface area contributed by atoms with Crippen LogP contribution in [0.5, 0.6) is 0 Å². The molecule has 2 heteroatoms. The van der Waals surface area contributed by atoms with E-state index in [1.165, 1.54) is 45.1 Å². The van der Waals surface area contributed by atoms with Crippen molar-refractivity contribution in [2.45, 2.75) is 51.5 Å². The molecule has 2 rings (SSSR count). The smallest absolute Gasteiger partial charge is 0.0118 e. The summed E-state index contributed by atoms with van der Waals surface area (Å²) in [4.78, 5) is 2.63. The summed E-state index contributed by atoms with van der Waals surface area (Å²) >= 11 is 4.50. The van der Waals surface area contributed by atoms with Crippen LogP contribution < -0.4 is 0 Å². The first kappa shape index (κ1) is 11.8. The molecule has 88 valence electrons. The maximum Gasteiger partial charge on any atom is 0.0118 e. The van der Waals surface area contributed by atoms with Gasteiger partial charge in [0.25, 0.3) is 0 Å². The first-order chi connectivity index (χ1) is 7.17. The largest absolute Gasteiger partial charge is 0.303 e. The van der Waals surface area contributed by atoms with Crippen LogP contribution >= 0.6 is 12.6 Å². The standard InChI is InChI=1S/C13H25NS/c1-11-5-3-4-6-12(11)14(2)9-13(10-15)7-8-13/h11-12,15H,3-10H2,1-2H3. The van der Waals surface area contributed by atoms with Gasteiger partial charge in [-0.2, -0.15) is 12.6 Å². The minimum absolute atomic E-state index is 0.592. The van der Waals surface area contributed by atoms with Crippen LogP contribution in [0.15, 0.2) is 0 Å². The number of nitrogens with zero attached hydrogens (tertiary/aromatic N) is 1. The van der Waals surface area contributed by atoms with E-state index in [2.05, 4.69) is 31.5 Å². The van der Waals surface area contributed by atoms with Gasteiger partial charge in [0.05, 0.1) is 0 Å². The highest BCUT2D eigenvalue weighted by Crippen LogP contribution is 2.47. The normalized spacial score (nSPS) is 34.4. The molecule has 0 aromatic heterocycles. The fraction of sp³-hybridized carbons (Fsp3) is 1.00. The summed E-state index contributed by atoms with van der Waals surface area (Å²) in [6.45, 7) is 3.71. The second-order valence-corrected chi connectivity index (χ2v) is 6.22. The molecule has 0 amide bonds. The van der Waals surface area contributed by atoms with Crippen molar-refractivity contribution in [3.8, 4) is 0 Å². The van der Waals surface area contributed by atoms with Crippen molar-refractivity contribution in [2.75, 3.05) is 19.3 Å². The molecule has 0 saturated heterocycles. The molecule has 0 aliphatic heterocycles. The molecule has 2 unspecified atom stereocenters. The van der Waals surface area contributed by atoms with Crippen LogP contribution in [0.4, 0.5) is 0 Å². The Morgan fingerprint density at radius 1 is 1.27 bits per heavy atom. The fourth-order valence-corrected chi connectivity index (χ4v) is 3.56. The summed E-state index contributed by atoms with van der Waals surface area (Å²) in [5.41, 5.74) is 0.592.